The summed E-state index contributed by atoms with van der Waals surface area (Å²) in [5.41, 5.74) is 4.42. The Bertz CT molecular complexity index is 31.0. The van der Waals surface area contributed by atoms with Crippen LogP contribution in [0, 0.1) is 0 Å². The van der Waals surface area contributed by atoms with E-state index in [1.54, 1.807) is 0 Å². The summed E-state index contributed by atoms with van der Waals surface area (Å²) in [6, 6.07) is 0. The van der Waals surface area contributed by atoms with Crippen LogP contribution in [0.15, 0.2) is 0 Å². The van der Waals surface area contributed by atoms with Gasteiger partial charge in [-0.3, -0.25) is 10.1 Å². The van der Waals surface area contributed by atoms with E-state index in [1.807, 2.05) is 0 Å². The molecule has 0 aliphatic heterocycles. The average molecular weight is 99.5 g/mol. The minimum absolute atomic E-state index is 2.16. The van der Waals surface area contributed by atoms with Gasteiger partial charge in [-0.1, -0.05) is 0 Å². The molecule has 4 heteroatoms. The van der Waals surface area contributed by atoms with Crippen molar-refractivity contribution in [2.24, 2.45) is 5.50 Å². The molecule has 1 atom stereocenters. The van der Waals surface area contributed by atoms with Crippen LogP contribution < -0.4 is 5.50 Å². The van der Waals surface area contributed by atoms with Crippen molar-refractivity contribution in [3.05, 3.63) is 0 Å². The second-order valence-electron chi connectivity index (χ2n) is 0.304. The summed E-state index contributed by atoms with van der Waals surface area (Å²) in [7, 11) is -2.16. The summed E-state index contributed by atoms with van der Waals surface area (Å²) < 4.78 is 9.17. The van der Waals surface area contributed by atoms with Crippen molar-refractivity contribution < 1.29 is 4.57 Å². The number of nitrogens with two attached hydrogens (primary N) is 1. The SMILES string of the molecule is N[PH](=O)Cl. The molecule has 0 rings (SSSR count). The maximum atomic E-state index is 9.17. The van der Waals surface area contributed by atoms with E-state index in [1.165, 1.54) is 0 Å². The Labute approximate surface area is 29.6 Å². The summed E-state index contributed by atoms with van der Waals surface area (Å²) in [4.78, 5) is 0. The van der Waals surface area contributed by atoms with Gasteiger partial charge < -0.3 is 0 Å². The quantitative estimate of drug-likeness (QED) is 0.451. The van der Waals surface area contributed by atoms with Gasteiger partial charge in [0.15, 0.2) is 0 Å². The molecule has 2 N–H and O–H groups in total. The first-order chi connectivity index (χ1) is 1.73. The van der Waals surface area contributed by atoms with Crippen LogP contribution in [0.4, 0.5) is 0 Å². The highest BCUT2D eigenvalue weighted by atomic mass is 35.7. The molecule has 0 radical (unpaired) electrons. The van der Waals surface area contributed by atoms with Crippen LogP contribution in [0.1, 0.15) is 0 Å². The molecule has 0 amide bonds. The highest BCUT2D eigenvalue weighted by molar-refractivity contribution is 7.71. The first-order valence-electron chi connectivity index (χ1n) is 0.682. The zero-order chi connectivity index (χ0) is 3.58. The van der Waals surface area contributed by atoms with Gasteiger partial charge in [0.05, 0.1) is 0 Å². The summed E-state index contributed by atoms with van der Waals surface area (Å²) in [5, 5.41) is 0. The topological polar surface area (TPSA) is 43.1 Å². The van der Waals surface area contributed by atoms with Crippen molar-refractivity contribution in [2.45, 2.75) is 0 Å². The van der Waals surface area contributed by atoms with Gasteiger partial charge in [0, 0.05) is 0 Å². The Hall–Kier alpha value is 0.480. The largest absolute Gasteiger partial charge is 0.293 e. The Morgan fingerprint density at radius 3 is 2.00 bits per heavy atom. The molecule has 2 nitrogen and oxygen atoms in total. The van der Waals surface area contributed by atoms with Gasteiger partial charge in [-0.25, -0.2) is 0 Å². The molecule has 0 saturated carbocycles. The predicted molar refractivity (Wildman–Crippen MR) is 19.0 cm³/mol. The molecular weight excluding hydrogens is 96.4 g/mol. The highest BCUT2D eigenvalue weighted by Gasteiger charge is 1.62. The maximum Gasteiger partial charge on any atom is 0.218 e. The van der Waals surface area contributed by atoms with Crippen molar-refractivity contribution in [3.8, 4) is 0 Å². The summed E-state index contributed by atoms with van der Waals surface area (Å²) in [6.07, 6.45) is 0. The molecule has 0 saturated heterocycles. The zero-order valence-electron chi connectivity index (χ0n) is 1.86. The molecular formula is H3ClNOP. The lowest BCUT2D eigenvalue weighted by atomic mass is 13.9. The fraction of sp³-hybridized carbons (Fsp3) is 0. The monoisotopic (exact) mass is 99.0 g/mol. The van der Waals surface area contributed by atoms with Gasteiger partial charge in [0.25, 0.3) is 0 Å². The number of rotatable bonds is 0. The Balaban J connectivity index is 2.80. The van der Waals surface area contributed by atoms with E-state index < -0.39 is 7.30 Å². The average Bonchev–Trinajstić information content (AvgIpc) is 0.811. The Morgan fingerprint density at radius 2 is 2.00 bits per heavy atom. The van der Waals surface area contributed by atoms with Crippen LogP contribution in [-0.4, -0.2) is 0 Å². The van der Waals surface area contributed by atoms with Crippen LogP contribution >= 0.6 is 18.5 Å². The Kier molecular flexibility index (Phi) is 1.98. The third-order valence-corrected chi connectivity index (χ3v) is 0. The molecule has 0 spiro atoms. The highest BCUT2D eigenvalue weighted by Crippen LogP contribution is 2.11. The molecule has 1 unspecified atom stereocenters. The standard InChI is InChI=1S/ClH3NOP/c1-4(2)3/h4H,(H2,2,3). The van der Waals surface area contributed by atoms with Crippen LogP contribution in [0.3, 0.4) is 0 Å². The third-order valence-electron chi connectivity index (χ3n) is 0. The summed E-state index contributed by atoms with van der Waals surface area (Å²) >= 11 is 4.60. The van der Waals surface area contributed by atoms with Crippen LogP contribution in [-0.2, 0) is 4.57 Å². The number of hydrogen-bond acceptors (Lipinski definition) is 1. The zero-order valence-corrected chi connectivity index (χ0v) is 3.62. The molecule has 4 heavy (non-hydrogen) atoms. The first kappa shape index (κ1) is 4.48. The summed E-state index contributed by atoms with van der Waals surface area (Å²) in [5.74, 6) is 0. The van der Waals surface area contributed by atoms with Gasteiger partial charge in [-0.15, -0.1) is 0 Å². The van der Waals surface area contributed by atoms with Crippen LogP contribution in [0.25, 0.3) is 0 Å². The van der Waals surface area contributed by atoms with Crippen LogP contribution in [0.5, 0.6) is 0 Å². The van der Waals surface area contributed by atoms with Gasteiger partial charge in [0.1, 0.15) is 0 Å². The van der Waals surface area contributed by atoms with Crippen molar-refractivity contribution >= 4 is 18.5 Å². The lowest BCUT2D eigenvalue weighted by molar-refractivity contribution is 0.596. The van der Waals surface area contributed by atoms with E-state index in [4.69, 9.17) is 0 Å². The fourth-order valence-corrected chi connectivity index (χ4v) is 0. The van der Waals surface area contributed by atoms with E-state index in [-0.39, 0.29) is 0 Å². The van der Waals surface area contributed by atoms with Crippen LogP contribution in [0.2, 0.25) is 0 Å². The molecule has 0 fully saturated rings. The van der Waals surface area contributed by atoms with E-state index in [0.717, 1.165) is 0 Å². The molecule has 0 aromatic rings. The van der Waals surface area contributed by atoms with E-state index in [2.05, 4.69) is 16.7 Å². The molecule has 0 aromatic heterocycles. The maximum absolute atomic E-state index is 9.17. The number of hydrogen-bond donors (Lipinski definition) is 1. The van der Waals surface area contributed by atoms with E-state index in [0.29, 0.717) is 0 Å². The normalized spacial score (nSPS) is 15.5. The Morgan fingerprint density at radius 1 is 2.00 bits per heavy atom. The lowest BCUT2D eigenvalue weighted by Crippen LogP contribution is -1.61. The van der Waals surface area contributed by atoms with Crippen molar-refractivity contribution in [3.63, 3.8) is 0 Å². The minimum Gasteiger partial charge on any atom is -0.293 e. The van der Waals surface area contributed by atoms with E-state index in [9.17, 15) is 4.57 Å². The third kappa shape index (κ3) is 23.6. The predicted octanol–water partition coefficient (Wildman–Crippen LogP) is 0.574. The van der Waals surface area contributed by atoms with E-state index >= 15 is 0 Å². The lowest BCUT2D eigenvalue weighted by Gasteiger charge is -1.58. The smallest absolute Gasteiger partial charge is 0.218 e. The van der Waals surface area contributed by atoms with Gasteiger partial charge >= 0.3 is 0 Å². The second-order valence-corrected chi connectivity index (χ2v) is 2.03. The molecule has 0 heterocycles. The molecule has 0 aliphatic rings. The van der Waals surface area contributed by atoms with Gasteiger partial charge in [-0.2, -0.15) is 0 Å². The van der Waals surface area contributed by atoms with Crippen molar-refractivity contribution in [1.29, 1.82) is 0 Å². The van der Waals surface area contributed by atoms with Crippen molar-refractivity contribution in [2.75, 3.05) is 0 Å². The van der Waals surface area contributed by atoms with Gasteiger partial charge in [-0.05, 0) is 11.2 Å². The molecule has 0 aromatic carbocycles. The molecule has 26 valence electrons. The summed E-state index contributed by atoms with van der Waals surface area (Å²) in [6.45, 7) is 0. The fourth-order valence-electron chi connectivity index (χ4n) is 0. The molecule has 0 aliphatic carbocycles. The number of halogens is 1. The second kappa shape index (κ2) is 1.77. The molecule has 0 bridgehead atoms. The van der Waals surface area contributed by atoms with Gasteiger partial charge in [0.2, 0.25) is 7.30 Å². The minimum atomic E-state index is -2.16. The first-order valence-corrected chi connectivity index (χ1v) is 3.18. The van der Waals surface area contributed by atoms with Crippen molar-refractivity contribution in [1.82, 2.24) is 0 Å².